The summed E-state index contributed by atoms with van der Waals surface area (Å²) in [6.07, 6.45) is 10.5. The molecule has 4 fully saturated rings. The van der Waals surface area contributed by atoms with Gasteiger partial charge in [0.15, 0.2) is 0 Å². The molecule has 2 aromatic heterocycles. The number of pyridine rings is 1. The maximum atomic E-state index is 14.1. The number of aromatic nitrogens is 2. The summed E-state index contributed by atoms with van der Waals surface area (Å²) in [5.74, 6) is 0.201. The number of amides is 1. The van der Waals surface area contributed by atoms with Crippen molar-refractivity contribution in [2.24, 2.45) is 11.3 Å². The van der Waals surface area contributed by atoms with Crippen LogP contribution in [0.3, 0.4) is 0 Å². The van der Waals surface area contributed by atoms with Crippen LogP contribution in [0.1, 0.15) is 106 Å². The Labute approximate surface area is 405 Å². The highest BCUT2D eigenvalue weighted by Gasteiger charge is 2.50. The van der Waals surface area contributed by atoms with Crippen molar-refractivity contribution >= 4 is 44.0 Å². The van der Waals surface area contributed by atoms with Crippen LogP contribution in [0.4, 0.5) is 17.1 Å². The molecule has 4 N–H and O–H groups in total. The number of fused-ring (bicyclic) bond motifs is 1. The first-order valence-corrected chi connectivity index (χ1v) is 26.0. The maximum absolute atomic E-state index is 14.1. The van der Waals surface area contributed by atoms with Gasteiger partial charge in [0.05, 0.1) is 33.8 Å². The van der Waals surface area contributed by atoms with E-state index in [1.54, 1.807) is 37.7 Å². The molecule has 3 aromatic carbocycles. The number of carbonyl (C=O) groups excluding carboxylic acids is 1. The van der Waals surface area contributed by atoms with E-state index in [1.807, 2.05) is 19.1 Å². The minimum Gasteiger partial charge on any atom is -0.455 e. The van der Waals surface area contributed by atoms with Crippen molar-refractivity contribution in [3.8, 4) is 11.5 Å². The smallest absolute Gasteiger partial charge is 0.293 e. The number of methoxy groups -OCH3 is 1. The molecule has 2 saturated carbocycles. The van der Waals surface area contributed by atoms with Gasteiger partial charge in [0.2, 0.25) is 0 Å². The molecular weight excluding hydrogens is 897 g/mol. The third-order valence-corrected chi connectivity index (χ3v) is 16.7. The fourth-order valence-electron chi connectivity index (χ4n) is 11.2. The lowest BCUT2D eigenvalue weighted by Crippen LogP contribution is -2.60. The van der Waals surface area contributed by atoms with Gasteiger partial charge in [0.1, 0.15) is 22.8 Å². The summed E-state index contributed by atoms with van der Waals surface area (Å²) in [4.78, 5) is 40.3. The Hall–Kier alpha value is -5.59. The predicted octanol–water partition coefficient (Wildman–Crippen LogP) is 8.61. The average molecular weight is 963 g/mol. The molecule has 4 aliphatic rings. The molecule has 1 unspecified atom stereocenters. The number of anilines is 2. The first kappa shape index (κ1) is 48.4. The SMILES string of the molecule is COCCN1CCN(C2CC3(CCN(c4ccc(C(=O)NS(=O)(=O)c5ccc(NC[C@H]6CC[C@](C)(O)CC6)c([N+](=O)[O-])c5)c(Oc5cnc6[nH]ccc6c5)c4)CC3)C2)C(c2ccccc2C(C)C)C1. The zero-order chi connectivity index (χ0) is 48.5. The number of hydrogen-bond acceptors (Lipinski definition) is 13. The third kappa shape index (κ3) is 10.8. The lowest BCUT2D eigenvalue weighted by Gasteiger charge is -2.58. The zero-order valence-corrected chi connectivity index (χ0v) is 41.0. The summed E-state index contributed by atoms with van der Waals surface area (Å²) in [5.41, 5.74) is 3.64. The number of carbonyl (C=O) groups is 1. The predicted molar refractivity (Wildman–Crippen MR) is 267 cm³/mol. The Kier molecular flexibility index (Phi) is 14.1. The average Bonchev–Trinajstić information content (AvgIpc) is 3.80. The molecule has 1 atom stereocenters. The van der Waals surface area contributed by atoms with Crippen LogP contribution in [0.5, 0.6) is 11.5 Å². The Morgan fingerprint density at radius 3 is 2.51 bits per heavy atom. The van der Waals surface area contributed by atoms with E-state index < -0.39 is 37.0 Å². The number of piperazine rings is 1. The number of piperidine rings is 1. The van der Waals surface area contributed by atoms with Gasteiger partial charge in [-0.15, -0.1) is 0 Å². The topological polar surface area (TPSA) is 195 Å². The highest BCUT2D eigenvalue weighted by atomic mass is 32.2. The van der Waals surface area contributed by atoms with Crippen molar-refractivity contribution in [3.05, 3.63) is 112 Å². The molecule has 368 valence electrons. The Morgan fingerprint density at radius 1 is 1.00 bits per heavy atom. The fourth-order valence-corrected chi connectivity index (χ4v) is 12.2. The van der Waals surface area contributed by atoms with Crippen molar-refractivity contribution in [2.45, 2.75) is 101 Å². The molecule has 17 heteroatoms. The first-order chi connectivity index (χ1) is 33.1. The molecule has 16 nitrogen and oxygen atoms in total. The Bertz CT molecular complexity index is 2750. The van der Waals surface area contributed by atoms with Gasteiger partial charge in [0.25, 0.3) is 21.6 Å². The largest absolute Gasteiger partial charge is 0.455 e. The molecule has 1 spiro atoms. The number of aromatic amines is 1. The van der Waals surface area contributed by atoms with Gasteiger partial charge in [0, 0.05) is 94.4 Å². The van der Waals surface area contributed by atoms with Gasteiger partial charge in [-0.05, 0) is 123 Å². The van der Waals surface area contributed by atoms with E-state index in [-0.39, 0.29) is 28.3 Å². The van der Waals surface area contributed by atoms with E-state index in [0.717, 1.165) is 102 Å². The summed E-state index contributed by atoms with van der Waals surface area (Å²) in [6.45, 7) is 13.2. The second-order valence-corrected chi connectivity index (χ2v) is 22.1. The molecule has 9 rings (SSSR count). The minimum atomic E-state index is -4.58. The fraction of sp³-hybridized carbons (Fsp3) is 0.500. The maximum Gasteiger partial charge on any atom is 0.293 e. The molecule has 69 heavy (non-hydrogen) atoms. The lowest BCUT2D eigenvalue weighted by atomic mass is 9.59. The number of sulfonamides is 1. The molecule has 5 aromatic rings. The van der Waals surface area contributed by atoms with E-state index >= 15 is 0 Å². The van der Waals surface area contributed by atoms with Gasteiger partial charge >= 0.3 is 0 Å². The van der Waals surface area contributed by atoms with Gasteiger partial charge < -0.3 is 29.8 Å². The molecule has 0 bridgehead atoms. The number of nitro benzene ring substituents is 1. The Balaban J connectivity index is 0.895. The molecule has 2 saturated heterocycles. The van der Waals surface area contributed by atoms with Gasteiger partial charge in [-0.1, -0.05) is 38.1 Å². The number of nitrogens with zero attached hydrogens (tertiary/aromatic N) is 5. The van der Waals surface area contributed by atoms with E-state index in [1.165, 1.54) is 23.3 Å². The van der Waals surface area contributed by atoms with Crippen molar-refractivity contribution in [3.63, 3.8) is 0 Å². The van der Waals surface area contributed by atoms with E-state index in [9.17, 15) is 28.4 Å². The number of ether oxygens (including phenoxy) is 2. The van der Waals surface area contributed by atoms with Crippen LogP contribution in [0.15, 0.2) is 90.1 Å². The monoisotopic (exact) mass is 962 g/mol. The van der Waals surface area contributed by atoms with Gasteiger partial charge in [-0.2, -0.15) is 0 Å². The number of nitro groups is 1. The van der Waals surface area contributed by atoms with Crippen LogP contribution in [0, 0.1) is 21.4 Å². The number of H-pyrrole nitrogens is 1. The summed E-state index contributed by atoms with van der Waals surface area (Å²) in [5, 5.41) is 26.4. The molecule has 2 aliphatic heterocycles. The van der Waals surface area contributed by atoms with Crippen LogP contribution in [0.2, 0.25) is 0 Å². The van der Waals surface area contributed by atoms with Crippen molar-refractivity contribution in [1.82, 2.24) is 24.5 Å². The molecule has 4 heterocycles. The molecule has 1 amide bonds. The molecule has 0 radical (unpaired) electrons. The Morgan fingerprint density at radius 2 is 1.77 bits per heavy atom. The quantitative estimate of drug-likeness (QED) is 0.0543. The molecule has 2 aliphatic carbocycles. The first-order valence-electron chi connectivity index (χ1n) is 24.5. The third-order valence-electron chi connectivity index (χ3n) is 15.4. The second kappa shape index (κ2) is 20.0. The summed E-state index contributed by atoms with van der Waals surface area (Å²) in [7, 11) is -2.81. The number of rotatable bonds is 16. The second-order valence-electron chi connectivity index (χ2n) is 20.4. The van der Waals surface area contributed by atoms with Crippen LogP contribution < -0.4 is 19.7 Å². The number of hydrogen-bond donors (Lipinski definition) is 4. The number of aliphatic hydroxyl groups is 1. The number of nitrogens with one attached hydrogen (secondary N) is 3. The van der Waals surface area contributed by atoms with Crippen molar-refractivity contribution in [2.75, 3.05) is 69.7 Å². The van der Waals surface area contributed by atoms with E-state index in [2.05, 4.69) is 72.8 Å². The van der Waals surface area contributed by atoms with Crippen molar-refractivity contribution < 1.29 is 32.7 Å². The van der Waals surface area contributed by atoms with E-state index in [0.29, 0.717) is 48.8 Å². The van der Waals surface area contributed by atoms with Crippen LogP contribution >= 0.6 is 0 Å². The van der Waals surface area contributed by atoms with E-state index in [4.69, 9.17) is 9.47 Å². The summed E-state index contributed by atoms with van der Waals surface area (Å²) >= 11 is 0. The lowest BCUT2D eigenvalue weighted by molar-refractivity contribution is -0.384. The van der Waals surface area contributed by atoms with Crippen molar-refractivity contribution in [1.29, 1.82) is 0 Å². The summed E-state index contributed by atoms with van der Waals surface area (Å²) < 4.78 is 41.6. The normalized spacial score (nSPS) is 22.4. The molecular formula is C52H66N8O8S. The highest BCUT2D eigenvalue weighted by molar-refractivity contribution is 7.90. The van der Waals surface area contributed by atoms with Crippen LogP contribution in [-0.4, -0.2) is 115 Å². The van der Waals surface area contributed by atoms with Gasteiger partial charge in [-0.25, -0.2) is 18.1 Å². The highest BCUT2D eigenvalue weighted by Crippen LogP contribution is 2.53. The minimum absolute atomic E-state index is 0.0260. The van der Waals surface area contributed by atoms with Crippen LogP contribution in [0.25, 0.3) is 11.0 Å². The van der Waals surface area contributed by atoms with Gasteiger partial charge in [-0.3, -0.25) is 24.7 Å². The number of benzene rings is 3. The van der Waals surface area contributed by atoms with Crippen LogP contribution in [-0.2, 0) is 14.8 Å². The summed E-state index contributed by atoms with van der Waals surface area (Å²) in [6, 6.07) is 22.2. The zero-order valence-electron chi connectivity index (χ0n) is 40.2. The standard InChI is InChI=1S/C52H66N8O8S/c1-35(2)42-7-5-6-8-43(42)47-34-57(25-26-67-4)23-24-59(47)39-30-52(31-39)18-21-58(22-19-52)38-9-11-44(48(28-38)68-40-27-37-15-20-53-49(37)55-33-40)50(61)56-69(65,66)41-10-12-45(46(29-41)60(63)64)54-32-36-13-16-51(3,62)17-14-36/h5-12,15,20,27-29,33,35-36,39,47,54,62H,13-14,16-19,21-26,30-32,34H2,1-4H3,(H,53,55)(H,56,61)/t36-,47?,51-.